The summed E-state index contributed by atoms with van der Waals surface area (Å²) in [6, 6.07) is 8.10. The summed E-state index contributed by atoms with van der Waals surface area (Å²) in [6.07, 6.45) is 0. The Labute approximate surface area is 173 Å². The number of nitrogens with zero attached hydrogens (tertiary/aromatic N) is 4. The Balaban J connectivity index is 0.00000338. The molecule has 0 bridgehead atoms. The molecule has 2 aromatic rings. The van der Waals surface area contributed by atoms with Crippen molar-refractivity contribution in [3.05, 3.63) is 46.8 Å². The molecule has 0 saturated heterocycles. The zero-order chi connectivity index (χ0) is 18.4. The van der Waals surface area contributed by atoms with Crippen molar-refractivity contribution in [2.45, 2.75) is 27.3 Å². The number of benzene rings is 1. The highest BCUT2D eigenvalue weighted by molar-refractivity contribution is 14.0. The van der Waals surface area contributed by atoms with Gasteiger partial charge in [0.2, 0.25) is 0 Å². The van der Waals surface area contributed by atoms with E-state index in [0.29, 0.717) is 13.2 Å². The molecule has 0 unspecified atom stereocenters. The Morgan fingerprint density at radius 2 is 1.88 bits per heavy atom. The highest BCUT2D eigenvalue weighted by atomic mass is 127. The third-order valence-electron chi connectivity index (χ3n) is 4.37. The molecule has 0 fully saturated rings. The minimum absolute atomic E-state index is 0. The predicted molar refractivity (Wildman–Crippen MR) is 118 cm³/mol. The zero-order valence-electron chi connectivity index (χ0n) is 16.5. The quantitative estimate of drug-likeness (QED) is 0.400. The van der Waals surface area contributed by atoms with Crippen molar-refractivity contribution in [2.75, 3.05) is 27.2 Å². The average Bonchev–Trinajstić information content (AvgIpc) is 2.83. The average molecular weight is 471 g/mol. The lowest BCUT2D eigenvalue weighted by Crippen LogP contribution is -2.40. The monoisotopic (exact) mass is 471 g/mol. The second kappa shape index (κ2) is 10.4. The summed E-state index contributed by atoms with van der Waals surface area (Å²) in [4.78, 5) is 6.42. The van der Waals surface area contributed by atoms with Gasteiger partial charge in [-0.15, -0.1) is 24.0 Å². The van der Waals surface area contributed by atoms with Crippen molar-refractivity contribution in [1.29, 1.82) is 0 Å². The smallest absolute Gasteiger partial charge is 0.193 e. The fraction of sp³-hybridized carbons (Fsp3) is 0.474. The van der Waals surface area contributed by atoms with E-state index in [1.54, 1.807) is 7.05 Å². The highest BCUT2D eigenvalue weighted by Gasteiger charge is 2.11. The van der Waals surface area contributed by atoms with E-state index in [4.69, 9.17) is 4.74 Å². The number of rotatable bonds is 6. The number of aromatic nitrogens is 2. The van der Waals surface area contributed by atoms with Crippen molar-refractivity contribution in [3.63, 3.8) is 0 Å². The molecule has 7 heteroatoms. The number of guanidine groups is 1. The summed E-state index contributed by atoms with van der Waals surface area (Å²) in [5.74, 6) is 1.73. The van der Waals surface area contributed by atoms with Crippen LogP contribution in [0.1, 0.15) is 22.5 Å². The minimum Gasteiger partial charge on any atom is -0.492 e. The first-order valence-electron chi connectivity index (χ1n) is 8.52. The predicted octanol–water partition coefficient (Wildman–Crippen LogP) is 3.05. The molecule has 0 saturated carbocycles. The maximum Gasteiger partial charge on any atom is 0.193 e. The standard InChI is InChI=1S/C19H29N5O.HI/c1-14-7-9-17(10-8-14)25-12-11-23(5)19(20-4)21-13-18-15(2)22-24(6)16(18)3;/h7-10H,11-13H2,1-6H3,(H,20,21);1H. The van der Waals surface area contributed by atoms with Gasteiger partial charge in [0.25, 0.3) is 0 Å². The highest BCUT2D eigenvalue weighted by Crippen LogP contribution is 2.12. The van der Waals surface area contributed by atoms with Crippen LogP contribution in [0.4, 0.5) is 0 Å². The molecule has 0 aliphatic heterocycles. The molecule has 0 aliphatic carbocycles. The van der Waals surface area contributed by atoms with Crippen LogP contribution in [-0.2, 0) is 13.6 Å². The zero-order valence-corrected chi connectivity index (χ0v) is 18.9. The molecule has 26 heavy (non-hydrogen) atoms. The van der Waals surface area contributed by atoms with Crippen LogP contribution in [0.2, 0.25) is 0 Å². The van der Waals surface area contributed by atoms with E-state index in [2.05, 4.69) is 46.3 Å². The third kappa shape index (κ3) is 5.89. The molecule has 1 aromatic heterocycles. The molecule has 1 heterocycles. The van der Waals surface area contributed by atoms with E-state index in [0.717, 1.165) is 23.9 Å². The summed E-state index contributed by atoms with van der Waals surface area (Å²) in [5, 5.41) is 7.86. The number of hydrogen-bond donors (Lipinski definition) is 1. The molecule has 0 amide bonds. The van der Waals surface area contributed by atoms with Gasteiger partial charge in [-0.1, -0.05) is 17.7 Å². The first-order valence-corrected chi connectivity index (χ1v) is 8.52. The summed E-state index contributed by atoms with van der Waals surface area (Å²) in [5.41, 5.74) is 4.67. The topological polar surface area (TPSA) is 54.7 Å². The molecule has 1 aromatic carbocycles. The molecule has 0 atom stereocenters. The maximum atomic E-state index is 5.79. The van der Waals surface area contributed by atoms with Gasteiger partial charge in [-0.2, -0.15) is 5.10 Å². The van der Waals surface area contributed by atoms with Gasteiger partial charge in [-0.05, 0) is 32.9 Å². The molecule has 0 spiro atoms. The Hall–Kier alpha value is -1.77. The fourth-order valence-corrected chi connectivity index (χ4v) is 2.67. The summed E-state index contributed by atoms with van der Waals surface area (Å²) < 4.78 is 7.70. The SMILES string of the molecule is CN=C(NCc1c(C)nn(C)c1C)N(C)CCOc1ccc(C)cc1.I. The van der Waals surface area contributed by atoms with Gasteiger partial charge in [-0.25, -0.2) is 0 Å². The Morgan fingerprint density at radius 3 is 2.42 bits per heavy atom. The second-order valence-corrected chi connectivity index (χ2v) is 6.26. The van der Waals surface area contributed by atoms with Gasteiger partial charge in [0, 0.05) is 38.9 Å². The van der Waals surface area contributed by atoms with Gasteiger partial charge in [-0.3, -0.25) is 9.67 Å². The van der Waals surface area contributed by atoms with Crippen LogP contribution in [0.25, 0.3) is 0 Å². The van der Waals surface area contributed by atoms with Crippen molar-refractivity contribution in [1.82, 2.24) is 20.0 Å². The van der Waals surface area contributed by atoms with Gasteiger partial charge in [0.05, 0.1) is 12.2 Å². The van der Waals surface area contributed by atoms with Crippen LogP contribution in [0.3, 0.4) is 0 Å². The van der Waals surface area contributed by atoms with E-state index in [9.17, 15) is 0 Å². The van der Waals surface area contributed by atoms with E-state index < -0.39 is 0 Å². The lowest BCUT2D eigenvalue weighted by Gasteiger charge is -2.22. The van der Waals surface area contributed by atoms with E-state index in [1.165, 1.54) is 16.8 Å². The number of nitrogens with one attached hydrogen (secondary N) is 1. The molecule has 6 nitrogen and oxygen atoms in total. The summed E-state index contributed by atoms with van der Waals surface area (Å²) in [6.45, 7) is 8.24. The van der Waals surface area contributed by atoms with Gasteiger partial charge >= 0.3 is 0 Å². The normalized spacial score (nSPS) is 11.1. The lowest BCUT2D eigenvalue weighted by molar-refractivity contribution is 0.281. The van der Waals surface area contributed by atoms with Gasteiger partial charge < -0.3 is 15.0 Å². The lowest BCUT2D eigenvalue weighted by atomic mass is 10.2. The minimum atomic E-state index is 0. The van der Waals surface area contributed by atoms with E-state index >= 15 is 0 Å². The summed E-state index contributed by atoms with van der Waals surface area (Å²) >= 11 is 0. The van der Waals surface area contributed by atoms with Crippen LogP contribution in [-0.4, -0.2) is 47.9 Å². The Kier molecular flexibility index (Phi) is 8.91. The third-order valence-corrected chi connectivity index (χ3v) is 4.37. The molecular formula is C19H30IN5O. The van der Waals surface area contributed by atoms with Gasteiger partial charge in [0.1, 0.15) is 12.4 Å². The maximum absolute atomic E-state index is 5.79. The van der Waals surface area contributed by atoms with Crippen LogP contribution in [0.5, 0.6) is 5.75 Å². The number of ether oxygens (including phenoxy) is 1. The number of aliphatic imine (C=N–C) groups is 1. The van der Waals surface area contributed by atoms with Crippen molar-refractivity contribution in [3.8, 4) is 5.75 Å². The van der Waals surface area contributed by atoms with Crippen molar-refractivity contribution < 1.29 is 4.74 Å². The van der Waals surface area contributed by atoms with Crippen LogP contribution in [0, 0.1) is 20.8 Å². The number of aryl methyl sites for hydroxylation is 3. The summed E-state index contributed by atoms with van der Waals surface area (Å²) in [7, 11) is 5.77. The number of likely N-dealkylation sites (N-methyl/N-ethyl adjacent to an activating group) is 1. The Morgan fingerprint density at radius 1 is 1.23 bits per heavy atom. The van der Waals surface area contributed by atoms with Gasteiger partial charge in [0.15, 0.2) is 5.96 Å². The molecule has 144 valence electrons. The van der Waals surface area contributed by atoms with Crippen LogP contribution in [0.15, 0.2) is 29.3 Å². The molecular weight excluding hydrogens is 441 g/mol. The Bertz CT molecular complexity index is 724. The fourth-order valence-electron chi connectivity index (χ4n) is 2.67. The molecule has 0 radical (unpaired) electrons. The molecule has 0 aliphatic rings. The number of hydrogen-bond acceptors (Lipinski definition) is 3. The largest absolute Gasteiger partial charge is 0.492 e. The van der Waals surface area contributed by atoms with Crippen LogP contribution < -0.4 is 10.1 Å². The van der Waals surface area contributed by atoms with E-state index in [-0.39, 0.29) is 24.0 Å². The first kappa shape index (κ1) is 22.3. The first-order chi connectivity index (χ1) is 11.9. The molecule has 1 N–H and O–H groups in total. The van der Waals surface area contributed by atoms with Crippen molar-refractivity contribution in [2.24, 2.45) is 12.0 Å². The second-order valence-electron chi connectivity index (χ2n) is 6.26. The van der Waals surface area contributed by atoms with E-state index in [1.807, 2.05) is 37.8 Å². The van der Waals surface area contributed by atoms with Crippen LogP contribution >= 0.6 is 24.0 Å². The van der Waals surface area contributed by atoms with Crippen molar-refractivity contribution >= 4 is 29.9 Å². The number of halogens is 1. The molecule has 2 rings (SSSR count).